The molecule has 5 nitrogen and oxygen atoms in total. The van der Waals surface area contributed by atoms with E-state index in [1.807, 2.05) is 13.1 Å². The highest BCUT2D eigenvalue weighted by Crippen LogP contribution is 2.28. The molecule has 0 spiro atoms. The van der Waals surface area contributed by atoms with E-state index in [2.05, 4.69) is 26.9 Å². The highest BCUT2D eigenvalue weighted by Gasteiger charge is 2.35. The predicted octanol–water partition coefficient (Wildman–Crippen LogP) is 1.31. The van der Waals surface area contributed by atoms with Gasteiger partial charge >= 0.3 is 0 Å². The van der Waals surface area contributed by atoms with E-state index >= 15 is 0 Å². The molecule has 2 aliphatic rings. The van der Waals surface area contributed by atoms with Crippen molar-refractivity contribution in [3.8, 4) is 0 Å². The van der Waals surface area contributed by atoms with Crippen molar-refractivity contribution in [2.45, 2.75) is 44.7 Å². The Bertz CT molecular complexity index is 511. The summed E-state index contributed by atoms with van der Waals surface area (Å²) in [5, 5.41) is 0. The molecule has 3 heterocycles. The second-order valence-corrected chi connectivity index (χ2v) is 6.17. The molecule has 2 fully saturated rings. The summed E-state index contributed by atoms with van der Waals surface area (Å²) in [7, 11) is 0. The molecule has 0 radical (unpaired) electrons. The van der Waals surface area contributed by atoms with Crippen LogP contribution in [-0.2, 0) is 4.79 Å². The fourth-order valence-corrected chi connectivity index (χ4v) is 3.71. The van der Waals surface area contributed by atoms with Crippen molar-refractivity contribution in [2.24, 2.45) is 5.73 Å². The van der Waals surface area contributed by atoms with Gasteiger partial charge in [0.15, 0.2) is 0 Å². The molecule has 0 bridgehead atoms. The monoisotopic (exact) mass is 288 g/mol. The van der Waals surface area contributed by atoms with Crippen LogP contribution in [0.25, 0.3) is 0 Å². The van der Waals surface area contributed by atoms with Gasteiger partial charge in [0, 0.05) is 36.7 Å². The molecule has 2 N–H and O–H groups in total. The first-order valence-electron chi connectivity index (χ1n) is 7.88. The number of carbonyl (C=O) groups excluding carboxylic acids is 1. The van der Waals surface area contributed by atoms with Gasteiger partial charge < -0.3 is 10.6 Å². The molecule has 2 aliphatic heterocycles. The third-order valence-electron chi connectivity index (χ3n) is 4.80. The lowest BCUT2D eigenvalue weighted by Crippen LogP contribution is -2.50. The number of anilines is 1. The second-order valence-electron chi connectivity index (χ2n) is 6.17. The van der Waals surface area contributed by atoms with Gasteiger partial charge in [0.1, 0.15) is 0 Å². The summed E-state index contributed by atoms with van der Waals surface area (Å²) in [6.45, 7) is 5.12. The number of hydrogen-bond donors (Lipinski definition) is 1. The largest absolute Gasteiger partial charge is 0.371 e. The second kappa shape index (κ2) is 6.02. The zero-order valence-corrected chi connectivity index (χ0v) is 12.7. The number of likely N-dealkylation sites (tertiary alicyclic amines) is 1. The van der Waals surface area contributed by atoms with E-state index in [1.54, 1.807) is 0 Å². The van der Waals surface area contributed by atoms with E-state index < -0.39 is 0 Å². The molecular weight excluding hydrogens is 264 g/mol. The van der Waals surface area contributed by atoms with Crippen LogP contribution in [0.4, 0.5) is 5.69 Å². The fourth-order valence-electron chi connectivity index (χ4n) is 3.71. The Morgan fingerprint density at radius 3 is 2.71 bits per heavy atom. The number of piperidine rings is 1. The van der Waals surface area contributed by atoms with Gasteiger partial charge in [-0.3, -0.25) is 14.7 Å². The summed E-state index contributed by atoms with van der Waals surface area (Å²) in [4.78, 5) is 20.6. The van der Waals surface area contributed by atoms with Crippen molar-refractivity contribution in [1.82, 2.24) is 9.88 Å². The Hall–Kier alpha value is -1.62. The molecule has 1 amide bonds. The van der Waals surface area contributed by atoms with Crippen LogP contribution < -0.4 is 10.6 Å². The molecule has 1 aromatic rings. The number of pyridine rings is 1. The number of nitrogens with two attached hydrogens (primary N) is 1. The normalized spacial score (nSPS) is 24.4. The highest BCUT2D eigenvalue weighted by molar-refractivity contribution is 5.80. The Morgan fingerprint density at radius 2 is 2.05 bits per heavy atom. The average molecular weight is 288 g/mol. The van der Waals surface area contributed by atoms with Crippen molar-refractivity contribution in [1.29, 1.82) is 0 Å². The lowest BCUT2D eigenvalue weighted by Gasteiger charge is -2.39. The maximum absolute atomic E-state index is 11.5. The molecule has 114 valence electrons. The minimum atomic E-state index is -0.153. The summed E-state index contributed by atoms with van der Waals surface area (Å²) in [6, 6.07) is 4.69. The maximum Gasteiger partial charge on any atom is 0.234 e. The van der Waals surface area contributed by atoms with Crippen LogP contribution in [0.1, 0.15) is 31.4 Å². The minimum Gasteiger partial charge on any atom is -0.371 e. The Morgan fingerprint density at radius 1 is 1.29 bits per heavy atom. The van der Waals surface area contributed by atoms with Crippen molar-refractivity contribution >= 4 is 11.6 Å². The molecular formula is C16H24N4O. The number of hydrogen-bond acceptors (Lipinski definition) is 4. The third kappa shape index (κ3) is 3.02. The van der Waals surface area contributed by atoms with E-state index in [0.29, 0.717) is 6.04 Å². The van der Waals surface area contributed by atoms with Gasteiger partial charge in [0.2, 0.25) is 5.91 Å². The van der Waals surface area contributed by atoms with Crippen LogP contribution in [0.3, 0.4) is 0 Å². The van der Waals surface area contributed by atoms with E-state index in [-0.39, 0.29) is 11.9 Å². The molecule has 1 atom stereocenters. The Kier molecular flexibility index (Phi) is 4.10. The van der Waals surface area contributed by atoms with Crippen LogP contribution in [0.5, 0.6) is 0 Å². The lowest BCUT2D eigenvalue weighted by atomic mass is 10.0. The zero-order chi connectivity index (χ0) is 14.8. The van der Waals surface area contributed by atoms with Crippen molar-refractivity contribution in [2.75, 3.05) is 24.5 Å². The Balaban J connectivity index is 1.61. The number of aryl methyl sites for hydroxylation is 1. The predicted molar refractivity (Wildman–Crippen MR) is 83.1 cm³/mol. The van der Waals surface area contributed by atoms with Crippen LogP contribution in [0.15, 0.2) is 18.3 Å². The number of carbonyl (C=O) groups is 1. The molecule has 21 heavy (non-hydrogen) atoms. The van der Waals surface area contributed by atoms with Crippen LogP contribution >= 0.6 is 0 Å². The standard InChI is InChI=1S/C16H24N4O/c1-12-11-14(4-7-18-12)19-9-5-13(6-10-19)20-8-2-3-15(20)16(17)21/h4,7,11,13,15H,2-3,5-6,8-10H2,1H3,(H2,17,21). The molecule has 0 aromatic carbocycles. The summed E-state index contributed by atoms with van der Waals surface area (Å²) in [6.07, 6.45) is 6.10. The highest BCUT2D eigenvalue weighted by atomic mass is 16.1. The number of primary amides is 1. The van der Waals surface area contributed by atoms with E-state index in [4.69, 9.17) is 5.73 Å². The summed E-state index contributed by atoms with van der Waals surface area (Å²) in [5.74, 6) is -0.153. The van der Waals surface area contributed by atoms with E-state index in [9.17, 15) is 4.79 Å². The molecule has 0 aliphatic carbocycles. The molecule has 5 heteroatoms. The SMILES string of the molecule is Cc1cc(N2CCC(N3CCCC3C(N)=O)CC2)ccn1. The zero-order valence-electron chi connectivity index (χ0n) is 12.7. The van der Waals surface area contributed by atoms with Gasteiger partial charge in [-0.25, -0.2) is 0 Å². The molecule has 2 saturated heterocycles. The molecule has 0 saturated carbocycles. The third-order valence-corrected chi connectivity index (χ3v) is 4.80. The van der Waals surface area contributed by atoms with Crippen molar-refractivity contribution in [3.05, 3.63) is 24.0 Å². The maximum atomic E-state index is 11.5. The molecule has 1 aromatic heterocycles. The first kappa shape index (κ1) is 14.3. The van der Waals surface area contributed by atoms with Crippen molar-refractivity contribution in [3.63, 3.8) is 0 Å². The van der Waals surface area contributed by atoms with E-state index in [0.717, 1.165) is 51.0 Å². The first-order chi connectivity index (χ1) is 10.1. The lowest BCUT2D eigenvalue weighted by molar-refractivity contribution is -0.123. The van der Waals surface area contributed by atoms with Gasteiger partial charge in [0.25, 0.3) is 0 Å². The van der Waals surface area contributed by atoms with E-state index in [1.165, 1.54) is 5.69 Å². The van der Waals surface area contributed by atoms with Gasteiger partial charge in [-0.15, -0.1) is 0 Å². The smallest absolute Gasteiger partial charge is 0.234 e. The topological polar surface area (TPSA) is 62.5 Å². The summed E-state index contributed by atoms with van der Waals surface area (Å²) < 4.78 is 0. The van der Waals surface area contributed by atoms with Gasteiger partial charge in [-0.2, -0.15) is 0 Å². The number of amides is 1. The fraction of sp³-hybridized carbons (Fsp3) is 0.625. The Labute approximate surface area is 126 Å². The first-order valence-corrected chi connectivity index (χ1v) is 7.88. The molecule has 1 unspecified atom stereocenters. The number of rotatable bonds is 3. The summed E-state index contributed by atoms with van der Waals surface area (Å²) in [5.41, 5.74) is 7.85. The van der Waals surface area contributed by atoms with Crippen LogP contribution in [-0.4, -0.2) is 47.5 Å². The molecule has 3 rings (SSSR count). The van der Waals surface area contributed by atoms with Crippen LogP contribution in [0, 0.1) is 6.92 Å². The van der Waals surface area contributed by atoms with Crippen LogP contribution in [0.2, 0.25) is 0 Å². The summed E-state index contributed by atoms with van der Waals surface area (Å²) >= 11 is 0. The van der Waals surface area contributed by atoms with Gasteiger partial charge in [0.05, 0.1) is 6.04 Å². The number of aromatic nitrogens is 1. The quantitative estimate of drug-likeness (QED) is 0.911. The number of nitrogens with zero attached hydrogens (tertiary/aromatic N) is 3. The van der Waals surface area contributed by atoms with Gasteiger partial charge in [-0.1, -0.05) is 0 Å². The van der Waals surface area contributed by atoms with Crippen molar-refractivity contribution < 1.29 is 4.79 Å². The average Bonchev–Trinajstić information content (AvgIpc) is 2.97. The van der Waals surface area contributed by atoms with Gasteiger partial charge in [-0.05, 0) is 51.3 Å². The minimum absolute atomic E-state index is 0.0373.